The lowest BCUT2D eigenvalue weighted by atomic mass is 10.1. The molecule has 1 aliphatic rings. The number of hydrogen-bond acceptors (Lipinski definition) is 4. The number of nitrogens with two attached hydrogens (primary N) is 1. The summed E-state index contributed by atoms with van der Waals surface area (Å²) in [6.07, 6.45) is 1.07. The van der Waals surface area contributed by atoms with Crippen molar-refractivity contribution in [3.8, 4) is 0 Å². The number of benzene rings is 1. The Kier molecular flexibility index (Phi) is 4.67. The van der Waals surface area contributed by atoms with Crippen LogP contribution in [0.4, 0.5) is 15.8 Å². The zero-order valence-corrected chi connectivity index (χ0v) is 12.4. The van der Waals surface area contributed by atoms with Gasteiger partial charge in [0.05, 0.1) is 11.4 Å². The third-order valence-corrected chi connectivity index (χ3v) is 4.03. The van der Waals surface area contributed by atoms with Crippen LogP contribution in [-0.4, -0.2) is 41.7 Å². The number of nitrogen functional groups attached to an aromatic ring is 1. The molecule has 1 heterocycles. The Morgan fingerprint density at radius 1 is 1.57 bits per heavy atom. The molecular formula is C15H22FN3O2. The Bertz CT molecular complexity index is 534. The number of halogens is 1. The highest BCUT2D eigenvalue weighted by Crippen LogP contribution is 2.26. The summed E-state index contributed by atoms with van der Waals surface area (Å²) in [6, 6.07) is 3.15. The molecule has 1 unspecified atom stereocenters. The van der Waals surface area contributed by atoms with Crippen molar-refractivity contribution in [2.24, 2.45) is 5.92 Å². The second-order valence-corrected chi connectivity index (χ2v) is 5.81. The van der Waals surface area contributed by atoms with Crippen LogP contribution in [0.5, 0.6) is 0 Å². The van der Waals surface area contributed by atoms with Gasteiger partial charge in [0.15, 0.2) is 0 Å². The van der Waals surface area contributed by atoms with E-state index in [2.05, 4.69) is 24.1 Å². The highest BCUT2D eigenvalue weighted by atomic mass is 19.1. The molecule has 0 aliphatic carbocycles. The number of likely N-dealkylation sites (tertiary alicyclic amines) is 1. The molecule has 4 N–H and O–H groups in total. The maximum absolute atomic E-state index is 13.4. The quantitative estimate of drug-likeness (QED) is 0.726. The molecule has 1 saturated heterocycles. The first kappa shape index (κ1) is 15.6. The molecule has 1 aromatic rings. The fourth-order valence-corrected chi connectivity index (χ4v) is 2.72. The molecule has 5 nitrogen and oxygen atoms in total. The highest BCUT2D eigenvalue weighted by molar-refractivity contribution is 6.00. The summed E-state index contributed by atoms with van der Waals surface area (Å²) in [5, 5.41) is 12.3. The van der Waals surface area contributed by atoms with E-state index in [4.69, 9.17) is 5.73 Å². The van der Waals surface area contributed by atoms with E-state index in [0.29, 0.717) is 24.2 Å². The van der Waals surface area contributed by atoms with Gasteiger partial charge in [0.2, 0.25) is 0 Å². The SMILES string of the molecule is CC(C)N1CCC(CNc2ccc(F)c(N)c2C(=O)O)C1. The molecule has 0 saturated carbocycles. The fourth-order valence-electron chi connectivity index (χ4n) is 2.72. The van der Waals surface area contributed by atoms with Gasteiger partial charge in [-0.05, 0) is 44.9 Å². The number of carboxylic acids is 1. The van der Waals surface area contributed by atoms with Crippen LogP contribution in [0.15, 0.2) is 12.1 Å². The monoisotopic (exact) mass is 295 g/mol. The predicted molar refractivity (Wildman–Crippen MR) is 81.1 cm³/mol. The number of nitrogens with zero attached hydrogens (tertiary/aromatic N) is 1. The Labute approximate surface area is 123 Å². The van der Waals surface area contributed by atoms with Crippen LogP contribution >= 0.6 is 0 Å². The van der Waals surface area contributed by atoms with Crippen molar-refractivity contribution in [1.29, 1.82) is 0 Å². The second kappa shape index (κ2) is 6.30. The average molecular weight is 295 g/mol. The number of aromatic carboxylic acids is 1. The summed E-state index contributed by atoms with van der Waals surface area (Å²) >= 11 is 0. The van der Waals surface area contributed by atoms with E-state index >= 15 is 0 Å². The molecule has 0 bridgehead atoms. The summed E-state index contributed by atoms with van der Waals surface area (Å²) in [7, 11) is 0. The standard InChI is InChI=1S/C15H22FN3O2/c1-9(2)19-6-5-10(8-19)7-18-12-4-3-11(16)14(17)13(12)15(20)21/h3-4,9-10,18H,5-8,17H2,1-2H3,(H,20,21). The van der Waals surface area contributed by atoms with E-state index in [-0.39, 0.29) is 11.3 Å². The minimum atomic E-state index is -1.22. The Balaban J connectivity index is 2.04. The molecule has 1 fully saturated rings. The van der Waals surface area contributed by atoms with Crippen LogP contribution < -0.4 is 11.1 Å². The lowest BCUT2D eigenvalue weighted by Crippen LogP contribution is -2.29. The molecule has 2 rings (SSSR count). The van der Waals surface area contributed by atoms with E-state index < -0.39 is 11.8 Å². The number of carbonyl (C=O) groups is 1. The van der Waals surface area contributed by atoms with Crippen molar-refractivity contribution in [1.82, 2.24) is 4.90 Å². The van der Waals surface area contributed by atoms with Gasteiger partial charge in [0.1, 0.15) is 11.4 Å². The molecule has 0 spiro atoms. The number of anilines is 2. The van der Waals surface area contributed by atoms with E-state index in [1.54, 1.807) is 0 Å². The molecule has 6 heteroatoms. The van der Waals surface area contributed by atoms with Gasteiger partial charge in [-0.3, -0.25) is 0 Å². The van der Waals surface area contributed by atoms with E-state index in [9.17, 15) is 14.3 Å². The van der Waals surface area contributed by atoms with Gasteiger partial charge in [-0.1, -0.05) is 0 Å². The summed E-state index contributed by atoms with van der Waals surface area (Å²) in [5.41, 5.74) is 5.40. The van der Waals surface area contributed by atoms with Gasteiger partial charge < -0.3 is 21.1 Å². The van der Waals surface area contributed by atoms with E-state index in [1.165, 1.54) is 12.1 Å². The largest absolute Gasteiger partial charge is 0.478 e. The first-order valence-corrected chi connectivity index (χ1v) is 7.19. The zero-order chi connectivity index (χ0) is 15.6. The number of rotatable bonds is 5. The molecule has 1 atom stereocenters. The third-order valence-electron chi connectivity index (χ3n) is 4.03. The minimum Gasteiger partial charge on any atom is -0.478 e. The van der Waals surface area contributed by atoms with Crippen LogP contribution in [0.3, 0.4) is 0 Å². The smallest absolute Gasteiger partial charge is 0.340 e. The molecule has 116 valence electrons. The normalized spacial score (nSPS) is 19.1. The topological polar surface area (TPSA) is 78.6 Å². The van der Waals surface area contributed by atoms with Crippen molar-refractivity contribution in [2.75, 3.05) is 30.7 Å². The number of nitrogens with one attached hydrogen (secondary N) is 1. The van der Waals surface area contributed by atoms with Gasteiger partial charge in [0, 0.05) is 19.1 Å². The van der Waals surface area contributed by atoms with Gasteiger partial charge in [-0.25, -0.2) is 9.18 Å². The molecule has 1 aromatic carbocycles. The lowest BCUT2D eigenvalue weighted by Gasteiger charge is -2.20. The molecule has 0 amide bonds. The van der Waals surface area contributed by atoms with Crippen LogP contribution in [0.1, 0.15) is 30.6 Å². The molecular weight excluding hydrogens is 273 g/mol. The number of hydrogen-bond donors (Lipinski definition) is 3. The highest BCUT2D eigenvalue weighted by Gasteiger charge is 2.25. The predicted octanol–water partition coefficient (Wildman–Crippen LogP) is 2.25. The fraction of sp³-hybridized carbons (Fsp3) is 0.533. The Morgan fingerprint density at radius 3 is 2.86 bits per heavy atom. The Morgan fingerprint density at radius 2 is 2.29 bits per heavy atom. The Hall–Kier alpha value is -1.82. The van der Waals surface area contributed by atoms with Crippen LogP contribution in [0, 0.1) is 11.7 Å². The molecule has 0 radical (unpaired) electrons. The maximum atomic E-state index is 13.4. The van der Waals surface area contributed by atoms with Crippen molar-refractivity contribution in [2.45, 2.75) is 26.3 Å². The van der Waals surface area contributed by atoms with Crippen molar-refractivity contribution in [3.05, 3.63) is 23.5 Å². The molecule has 0 aromatic heterocycles. The minimum absolute atomic E-state index is 0.186. The van der Waals surface area contributed by atoms with Crippen LogP contribution in [0.25, 0.3) is 0 Å². The first-order chi connectivity index (χ1) is 9.90. The summed E-state index contributed by atoms with van der Waals surface area (Å²) in [5.74, 6) is -1.46. The number of carboxylic acid groups (broad SMARTS) is 1. The van der Waals surface area contributed by atoms with Crippen molar-refractivity contribution in [3.63, 3.8) is 0 Å². The third kappa shape index (κ3) is 3.44. The van der Waals surface area contributed by atoms with Crippen LogP contribution in [0.2, 0.25) is 0 Å². The lowest BCUT2D eigenvalue weighted by molar-refractivity contribution is 0.0698. The zero-order valence-electron chi connectivity index (χ0n) is 12.4. The second-order valence-electron chi connectivity index (χ2n) is 5.81. The van der Waals surface area contributed by atoms with Crippen LogP contribution in [-0.2, 0) is 0 Å². The van der Waals surface area contributed by atoms with Crippen molar-refractivity contribution >= 4 is 17.3 Å². The average Bonchev–Trinajstić information content (AvgIpc) is 2.88. The summed E-state index contributed by atoms with van der Waals surface area (Å²) in [4.78, 5) is 13.6. The van der Waals surface area contributed by atoms with E-state index in [0.717, 1.165) is 19.5 Å². The van der Waals surface area contributed by atoms with Gasteiger partial charge in [0.25, 0.3) is 0 Å². The summed E-state index contributed by atoms with van der Waals surface area (Å²) < 4.78 is 13.4. The summed E-state index contributed by atoms with van der Waals surface area (Å²) in [6.45, 7) is 7.04. The van der Waals surface area contributed by atoms with Gasteiger partial charge >= 0.3 is 5.97 Å². The molecule has 21 heavy (non-hydrogen) atoms. The maximum Gasteiger partial charge on any atom is 0.340 e. The molecule has 1 aliphatic heterocycles. The van der Waals surface area contributed by atoms with Gasteiger partial charge in [-0.15, -0.1) is 0 Å². The van der Waals surface area contributed by atoms with Crippen molar-refractivity contribution < 1.29 is 14.3 Å². The van der Waals surface area contributed by atoms with Gasteiger partial charge in [-0.2, -0.15) is 0 Å². The van der Waals surface area contributed by atoms with E-state index in [1.807, 2.05) is 0 Å². The first-order valence-electron chi connectivity index (χ1n) is 7.19.